The Labute approximate surface area is 134 Å². The van der Waals surface area contributed by atoms with Crippen LogP contribution in [-0.4, -0.2) is 11.0 Å². The van der Waals surface area contributed by atoms with Crippen LogP contribution in [0, 0.1) is 5.92 Å². The fourth-order valence-corrected chi connectivity index (χ4v) is 4.67. The van der Waals surface area contributed by atoms with Crippen LogP contribution in [0.4, 0.5) is 0 Å². The Morgan fingerprint density at radius 3 is 2.48 bits per heavy atom. The third kappa shape index (κ3) is 4.79. The van der Waals surface area contributed by atoms with Crippen LogP contribution in [0.1, 0.15) is 87.7 Å². The number of aryl methyl sites for hydroxylation is 1. The summed E-state index contributed by atoms with van der Waals surface area (Å²) >= 11 is 1.97. The van der Waals surface area contributed by atoms with E-state index in [9.17, 15) is 0 Å². The molecule has 0 unspecified atom stereocenters. The lowest BCUT2D eigenvalue weighted by Gasteiger charge is -2.27. The Bertz CT molecular complexity index is 417. The molecule has 1 saturated carbocycles. The molecule has 0 bridgehead atoms. The van der Waals surface area contributed by atoms with Crippen LogP contribution in [0.25, 0.3) is 0 Å². The van der Waals surface area contributed by atoms with Crippen molar-refractivity contribution in [2.45, 2.75) is 91.1 Å². The van der Waals surface area contributed by atoms with Gasteiger partial charge in [-0.05, 0) is 38.0 Å². The molecule has 0 amide bonds. The van der Waals surface area contributed by atoms with E-state index in [1.54, 1.807) is 0 Å². The average molecular weight is 309 g/mol. The molecule has 0 saturated heterocycles. The highest BCUT2D eigenvalue weighted by atomic mass is 32.1. The molecule has 1 aliphatic rings. The van der Waals surface area contributed by atoms with Crippen molar-refractivity contribution in [2.75, 3.05) is 0 Å². The molecule has 21 heavy (non-hydrogen) atoms. The van der Waals surface area contributed by atoms with Gasteiger partial charge >= 0.3 is 0 Å². The van der Waals surface area contributed by atoms with Crippen molar-refractivity contribution in [2.24, 2.45) is 5.92 Å². The smallest absolute Gasteiger partial charge is 0.0962 e. The molecule has 1 aromatic heterocycles. The van der Waals surface area contributed by atoms with E-state index >= 15 is 0 Å². The predicted octanol–water partition coefficient (Wildman–Crippen LogP) is 5.28. The lowest BCUT2D eigenvalue weighted by molar-refractivity contribution is 0.308. The summed E-state index contributed by atoms with van der Waals surface area (Å²) < 4.78 is 0. The number of aromatic nitrogens is 1. The molecule has 1 heterocycles. The molecule has 120 valence electrons. The SMILES string of the molecule is CCCC1CCC(c2nc(CC)c(CNC(C)C)s2)CC1. The first-order valence-electron chi connectivity index (χ1n) is 8.85. The minimum atomic E-state index is 0.546. The van der Waals surface area contributed by atoms with Crippen molar-refractivity contribution in [1.29, 1.82) is 0 Å². The number of rotatable bonds is 7. The molecular weight excluding hydrogens is 276 g/mol. The molecule has 0 atom stereocenters. The molecule has 1 aromatic rings. The lowest BCUT2D eigenvalue weighted by atomic mass is 9.80. The van der Waals surface area contributed by atoms with Gasteiger partial charge in [0.1, 0.15) is 0 Å². The van der Waals surface area contributed by atoms with Gasteiger partial charge in [0, 0.05) is 23.4 Å². The molecule has 1 N–H and O–H groups in total. The van der Waals surface area contributed by atoms with Gasteiger partial charge in [-0.2, -0.15) is 0 Å². The van der Waals surface area contributed by atoms with Crippen LogP contribution in [0.15, 0.2) is 0 Å². The zero-order valence-corrected chi connectivity index (χ0v) is 15.1. The molecule has 0 aliphatic heterocycles. The normalized spacial score (nSPS) is 22.9. The summed E-state index contributed by atoms with van der Waals surface area (Å²) in [5, 5.41) is 4.97. The molecule has 1 aliphatic carbocycles. The second kappa shape index (κ2) is 8.28. The molecule has 0 radical (unpaired) electrons. The minimum absolute atomic E-state index is 0.546. The average Bonchev–Trinajstić information content (AvgIpc) is 2.89. The van der Waals surface area contributed by atoms with Crippen molar-refractivity contribution < 1.29 is 0 Å². The monoisotopic (exact) mass is 308 g/mol. The van der Waals surface area contributed by atoms with Gasteiger partial charge in [0.05, 0.1) is 10.7 Å². The Morgan fingerprint density at radius 1 is 1.19 bits per heavy atom. The van der Waals surface area contributed by atoms with E-state index in [2.05, 4.69) is 33.0 Å². The van der Waals surface area contributed by atoms with Gasteiger partial charge in [-0.1, -0.05) is 40.5 Å². The molecule has 2 rings (SSSR count). The summed E-state index contributed by atoms with van der Waals surface area (Å²) in [6, 6.07) is 0.546. The molecule has 2 nitrogen and oxygen atoms in total. The molecule has 0 spiro atoms. The summed E-state index contributed by atoms with van der Waals surface area (Å²) in [5.74, 6) is 1.72. The van der Waals surface area contributed by atoms with Crippen molar-refractivity contribution >= 4 is 11.3 Å². The lowest BCUT2D eigenvalue weighted by Crippen LogP contribution is -2.21. The van der Waals surface area contributed by atoms with Crippen LogP contribution in [0.3, 0.4) is 0 Å². The van der Waals surface area contributed by atoms with Crippen LogP contribution in [0.2, 0.25) is 0 Å². The zero-order valence-electron chi connectivity index (χ0n) is 14.2. The summed E-state index contributed by atoms with van der Waals surface area (Å²) in [6.45, 7) is 9.96. The summed E-state index contributed by atoms with van der Waals surface area (Å²) in [7, 11) is 0. The second-order valence-electron chi connectivity index (χ2n) is 6.82. The first kappa shape index (κ1) is 17.0. The maximum absolute atomic E-state index is 4.98. The van der Waals surface area contributed by atoms with Crippen molar-refractivity contribution in [1.82, 2.24) is 10.3 Å². The fraction of sp³-hybridized carbons (Fsp3) is 0.833. The maximum atomic E-state index is 4.98. The van der Waals surface area contributed by atoms with E-state index in [1.807, 2.05) is 11.3 Å². The first-order chi connectivity index (χ1) is 10.1. The highest BCUT2D eigenvalue weighted by Crippen LogP contribution is 2.39. The van der Waals surface area contributed by atoms with E-state index < -0.39 is 0 Å². The summed E-state index contributed by atoms with van der Waals surface area (Å²) in [4.78, 5) is 6.45. The number of nitrogens with zero attached hydrogens (tertiary/aromatic N) is 1. The Morgan fingerprint density at radius 2 is 1.90 bits per heavy atom. The van der Waals surface area contributed by atoms with Gasteiger partial charge in [-0.3, -0.25) is 0 Å². The van der Waals surface area contributed by atoms with Gasteiger partial charge in [0.2, 0.25) is 0 Å². The third-order valence-corrected chi connectivity index (χ3v) is 5.95. The second-order valence-corrected chi connectivity index (χ2v) is 7.93. The number of thiazole rings is 1. The van der Waals surface area contributed by atoms with E-state index in [0.717, 1.165) is 24.8 Å². The molecule has 3 heteroatoms. The van der Waals surface area contributed by atoms with Crippen molar-refractivity contribution in [3.8, 4) is 0 Å². The van der Waals surface area contributed by atoms with Crippen LogP contribution < -0.4 is 5.32 Å². The molecular formula is C18H32N2S. The van der Waals surface area contributed by atoms with E-state index in [4.69, 9.17) is 4.98 Å². The van der Waals surface area contributed by atoms with Crippen LogP contribution >= 0.6 is 11.3 Å². The topological polar surface area (TPSA) is 24.9 Å². The Hall–Kier alpha value is -0.410. The van der Waals surface area contributed by atoms with Gasteiger partial charge in [-0.25, -0.2) is 4.98 Å². The minimum Gasteiger partial charge on any atom is -0.310 e. The van der Waals surface area contributed by atoms with Crippen LogP contribution in [-0.2, 0) is 13.0 Å². The fourth-order valence-electron chi connectivity index (χ4n) is 3.40. The summed E-state index contributed by atoms with van der Waals surface area (Å²) in [6.07, 6.45) is 9.39. The Balaban J connectivity index is 1.97. The molecule has 0 aromatic carbocycles. The van der Waals surface area contributed by atoms with Gasteiger partial charge in [0.15, 0.2) is 0 Å². The third-order valence-electron chi connectivity index (χ3n) is 4.69. The van der Waals surface area contributed by atoms with Crippen molar-refractivity contribution in [3.05, 3.63) is 15.6 Å². The number of hydrogen-bond acceptors (Lipinski definition) is 3. The van der Waals surface area contributed by atoms with Crippen LogP contribution in [0.5, 0.6) is 0 Å². The Kier molecular flexibility index (Phi) is 6.69. The molecule has 1 fully saturated rings. The number of nitrogens with one attached hydrogen (secondary N) is 1. The van der Waals surface area contributed by atoms with Crippen molar-refractivity contribution in [3.63, 3.8) is 0 Å². The number of hydrogen-bond donors (Lipinski definition) is 1. The zero-order chi connectivity index (χ0) is 15.2. The van der Waals surface area contributed by atoms with Gasteiger partial charge < -0.3 is 5.32 Å². The quantitative estimate of drug-likeness (QED) is 0.741. The highest BCUT2D eigenvalue weighted by Gasteiger charge is 2.25. The highest BCUT2D eigenvalue weighted by molar-refractivity contribution is 7.11. The summed E-state index contributed by atoms with van der Waals surface area (Å²) in [5.41, 5.74) is 1.33. The van der Waals surface area contributed by atoms with E-state index in [1.165, 1.54) is 54.1 Å². The standard InChI is InChI=1S/C18H32N2S/c1-5-7-14-8-10-15(11-9-14)18-20-16(6-2)17(21-18)12-19-13(3)4/h13-15,19H,5-12H2,1-4H3. The van der Waals surface area contributed by atoms with Gasteiger partial charge in [-0.15, -0.1) is 11.3 Å². The maximum Gasteiger partial charge on any atom is 0.0962 e. The van der Waals surface area contributed by atoms with E-state index in [-0.39, 0.29) is 0 Å². The van der Waals surface area contributed by atoms with Gasteiger partial charge in [0.25, 0.3) is 0 Å². The first-order valence-corrected chi connectivity index (χ1v) is 9.67. The predicted molar refractivity (Wildman–Crippen MR) is 93.1 cm³/mol. The largest absolute Gasteiger partial charge is 0.310 e. The van der Waals surface area contributed by atoms with E-state index in [0.29, 0.717) is 6.04 Å².